The maximum absolute atomic E-state index is 11.0. The molecule has 2 bridgehead atoms. The summed E-state index contributed by atoms with van der Waals surface area (Å²) >= 11 is 0. The maximum atomic E-state index is 11.0. The third-order valence-electron chi connectivity index (χ3n) is 6.76. The number of carbonyl (C=O) groups is 1. The molecule has 4 aliphatic heterocycles. The Morgan fingerprint density at radius 3 is 1.67 bits per heavy atom. The first kappa shape index (κ1) is 25.5. The molecule has 6 unspecified atom stereocenters. The lowest BCUT2D eigenvalue weighted by molar-refractivity contribution is -0.143. The summed E-state index contributed by atoms with van der Waals surface area (Å²) in [5, 5.41) is 36.0. The quantitative estimate of drug-likeness (QED) is 0.403. The van der Waals surface area contributed by atoms with Crippen molar-refractivity contribution in [3.05, 3.63) is 0 Å². The van der Waals surface area contributed by atoms with Crippen LogP contribution in [0.2, 0.25) is 0 Å². The van der Waals surface area contributed by atoms with Crippen LogP contribution in [0.4, 0.5) is 0 Å². The first-order valence-corrected chi connectivity index (χ1v) is 11.1. The van der Waals surface area contributed by atoms with Crippen LogP contribution in [-0.2, 0) is 9.53 Å². The molecule has 9 nitrogen and oxygen atoms in total. The molecule has 0 aromatic rings. The predicted molar refractivity (Wildman–Crippen MR) is 113 cm³/mol. The van der Waals surface area contributed by atoms with E-state index in [1.807, 2.05) is 21.1 Å². The molecule has 176 valence electrons. The first-order chi connectivity index (χ1) is 14.2. The Morgan fingerprint density at radius 1 is 0.800 bits per heavy atom. The number of hydrogen-bond acceptors (Lipinski definition) is 9. The molecule has 4 heterocycles. The molecule has 0 aliphatic carbocycles. The summed E-state index contributed by atoms with van der Waals surface area (Å²) in [6.07, 6.45) is 4.86. The van der Waals surface area contributed by atoms with E-state index in [-0.39, 0.29) is 55.6 Å². The Kier molecular flexibility index (Phi) is 10.4. The summed E-state index contributed by atoms with van der Waals surface area (Å²) in [5.41, 5.74) is 0. The molecule has 9 heteroatoms. The highest BCUT2D eigenvalue weighted by Crippen LogP contribution is 2.26. The lowest BCUT2D eigenvalue weighted by Gasteiger charge is -2.33. The normalized spacial score (nSPS) is 37.5. The van der Waals surface area contributed by atoms with E-state index in [0.717, 1.165) is 45.3 Å². The van der Waals surface area contributed by atoms with Crippen LogP contribution < -0.4 is 0 Å². The number of esters is 1. The van der Waals surface area contributed by atoms with Crippen LogP contribution in [-0.4, -0.2) is 132 Å². The van der Waals surface area contributed by atoms with E-state index in [2.05, 4.69) is 14.7 Å². The number of ether oxygens (including phenoxy) is 1. The van der Waals surface area contributed by atoms with Gasteiger partial charge in [-0.2, -0.15) is 0 Å². The van der Waals surface area contributed by atoms with E-state index >= 15 is 0 Å². The Labute approximate surface area is 180 Å². The van der Waals surface area contributed by atoms with Crippen molar-refractivity contribution in [1.29, 1.82) is 0 Å². The molecule has 0 amide bonds. The minimum Gasteiger partial charge on any atom is -0.461 e. The average Bonchev–Trinajstić information content (AvgIpc) is 3.05. The van der Waals surface area contributed by atoms with E-state index in [4.69, 9.17) is 14.9 Å². The smallest absolute Gasteiger partial charge is 0.323 e. The third kappa shape index (κ3) is 7.40. The van der Waals surface area contributed by atoms with Gasteiger partial charge in [0.25, 0.3) is 0 Å². The summed E-state index contributed by atoms with van der Waals surface area (Å²) < 4.78 is 5.08. The van der Waals surface area contributed by atoms with Gasteiger partial charge in [-0.3, -0.25) is 9.69 Å². The van der Waals surface area contributed by atoms with Gasteiger partial charge in [-0.1, -0.05) is 0 Å². The SMILES string of the molecule is CN1CCC(O)CC1CO.CN1CCC(O)CC1CO.CN1CCC2CC1C(=O)O2. The number of fused-ring (bicyclic) bond motifs is 2. The number of carbonyl (C=O) groups excluding carboxylic acids is 1. The van der Waals surface area contributed by atoms with E-state index < -0.39 is 0 Å². The van der Waals surface area contributed by atoms with Gasteiger partial charge in [0.1, 0.15) is 12.1 Å². The predicted octanol–water partition coefficient (Wildman–Crippen LogP) is -1.13. The van der Waals surface area contributed by atoms with Crippen molar-refractivity contribution in [3.63, 3.8) is 0 Å². The van der Waals surface area contributed by atoms with Crippen molar-refractivity contribution in [1.82, 2.24) is 14.7 Å². The highest BCUT2D eigenvalue weighted by molar-refractivity contribution is 5.78. The monoisotopic (exact) mass is 431 g/mol. The van der Waals surface area contributed by atoms with Crippen LogP contribution in [0.25, 0.3) is 0 Å². The molecule has 0 radical (unpaired) electrons. The van der Waals surface area contributed by atoms with Gasteiger partial charge in [0.05, 0.1) is 25.4 Å². The molecule has 4 N–H and O–H groups in total. The second-order valence-corrected chi connectivity index (χ2v) is 9.07. The van der Waals surface area contributed by atoms with Gasteiger partial charge in [-0.25, -0.2) is 0 Å². The average molecular weight is 432 g/mol. The molecule has 0 aromatic carbocycles. The Hall–Kier alpha value is -0.810. The standard InChI is InChI=1S/C7H11NO2.2C7H15NO2/c1-8-3-2-5-4-6(8)7(9)10-5;2*1-8-3-2-7(10)4-6(8)5-9/h5-6H,2-4H2,1H3;2*6-7,9-10H,2-5H2,1H3. The zero-order valence-electron chi connectivity index (χ0n) is 18.7. The van der Waals surface area contributed by atoms with Crippen molar-refractivity contribution in [2.75, 3.05) is 54.0 Å². The van der Waals surface area contributed by atoms with Crippen LogP contribution in [0.3, 0.4) is 0 Å². The molecule has 0 aromatic heterocycles. The van der Waals surface area contributed by atoms with Crippen molar-refractivity contribution in [3.8, 4) is 0 Å². The first-order valence-electron chi connectivity index (χ1n) is 11.1. The van der Waals surface area contributed by atoms with E-state index in [0.29, 0.717) is 12.8 Å². The van der Waals surface area contributed by atoms with E-state index in [1.54, 1.807) is 0 Å². The lowest BCUT2D eigenvalue weighted by atomic mass is 10.0. The van der Waals surface area contributed by atoms with Crippen LogP contribution in [0, 0.1) is 0 Å². The van der Waals surface area contributed by atoms with E-state index in [9.17, 15) is 15.0 Å². The molecule has 30 heavy (non-hydrogen) atoms. The summed E-state index contributed by atoms with van der Waals surface area (Å²) in [6.45, 7) is 3.11. The lowest BCUT2D eigenvalue weighted by Crippen LogP contribution is -2.43. The van der Waals surface area contributed by atoms with Gasteiger partial charge in [0.15, 0.2) is 0 Å². The van der Waals surface area contributed by atoms with Gasteiger partial charge in [0.2, 0.25) is 0 Å². The number of hydrogen-bond donors (Lipinski definition) is 4. The Balaban J connectivity index is 0.000000160. The maximum Gasteiger partial charge on any atom is 0.323 e. The van der Waals surface area contributed by atoms with Crippen LogP contribution >= 0.6 is 0 Å². The highest BCUT2D eigenvalue weighted by atomic mass is 16.6. The second-order valence-electron chi connectivity index (χ2n) is 9.07. The highest BCUT2D eigenvalue weighted by Gasteiger charge is 2.40. The largest absolute Gasteiger partial charge is 0.461 e. The van der Waals surface area contributed by atoms with Gasteiger partial charge in [-0.05, 0) is 53.2 Å². The van der Waals surface area contributed by atoms with Gasteiger partial charge in [-0.15, -0.1) is 0 Å². The van der Waals surface area contributed by atoms with Gasteiger partial charge < -0.3 is 35.0 Å². The van der Waals surface area contributed by atoms with Crippen molar-refractivity contribution in [2.45, 2.75) is 75.0 Å². The summed E-state index contributed by atoms with van der Waals surface area (Å²) in [6, 6.07) is 0.409. The fraction of sp³-hybridized carbons (Fsp3) is 0.952. The zero-order chi connectivity index (χ0) is 22.3. The number of aliphatic hydroxyl groups is 4. The molecule has 6 atom stereocenters. The molecule has 4 saturated heterocycles. The molecule has 4 rings (SSSR count). The van der Waals surface area contributed by atoms with Crippen molar-refractivity contribution in [2.24, 2.45) is 0 Å². The summed E-state index contributed by atoms with van der Waals surface area (Å²) in [5.74, 6) is -0.0231. The number of rotatable bonds is 2. The molecule has 4 fully saturated rings. The van der Waals surface area contributed by atoms with E-state index in [1.165, 1.54) is 0 Å². The Bertz CT molecular complexity index is 499. The topological polar surface area (TPSA) is 117 Å². The molecule has 0 spiro atoms. The fourth-order valence-electron chi connectivity index (χ4n) is 4.40. The zero-order valence-corrected chi connectivity index (χ0v) is 18.7. The number of piperidine rings is 3. The second kappa shape index (κ2) is 12.3. The summed E-state index contributed by atoms with van der Waals surface area (Å²) in [4.78, 5) is 17.3. The molecular formula is C21H41N3O6. The van der Waals surface area contributed by atoms with Crippen molar-refractivity contribution < 1.29 is 30.0 Å². The minimum absolute atomic E-state index is 0.0231. The number of likely N-dealkylation sites (tertiary alicyclic amines) is 3. The van der Waals surface area contributed by atoms with Crippen LogP contribution in [0.5, 0.6) is 0 Å². The minimum atomic E-state index is -0.201. The fourth-order valence-corrected chi connectivity index (χ4v) is 4.40. The van der Waals surface area contributed by atoms with Crippen molar-refractivity contribution >= 4 is 5.97 Å². The Morgan fingerprint density at radius 2 is 1.27 bits per heavy atom. The molecular weight excluding hydrogens is 390 g/mol. The van der Waals surface area contributed by atoms with Gasteiger partial charge in [0, 0.05) is 38.1 Å². The van der Waals surface area contributed by atoms with Crippen LogP contribution in [0.1, 0.15) is 38.5 Å². The molecule has 0 saturated carbocycles. The van der Waals surface area contributed by atoms with Crippen LogP contribution in [0.15, 0.2) is 0 Å². The number of likely N-dealkylation sites (N-methyl/N-ethyl adjacent to an activating group) is 3. The van der Waals surface area contributed by atoms with Gasteiger partial charge >= 0.3 is 5.97 Å². The number of aliphatic hydroxyl groups excluding tert-OH is 4. The number of nitrogens with zero attached hydrogens (tertiary/aromatic N) is 3. The third-order valence-corrected chi connectivity index (χ3v) is 6.76. The summed E-state index contributed by atoms with van der Waals surface area (Å²) in [7, 11) is 5.94. The molecule has 4 aliphatic rings.